The van der Waals surface area contributed by atoms with Crippen LogP contribution in [0, 0.1) is 0 Å². The van der Waals surface area contributed by atoms with E-state index in [4.69, 9.17) is 10.2 Å². The molecule has 9 heavy (non-hydrogen) atoms. The molecule has 3 heteroatoms. The molecule has 0 rings (SSSR count). The lowest BCUT2D eigenvalue weighted by molar-refractivity contribution is -0.131. The first-order valence-electron chi connectivity index (χ1n) is 2.43. The van der Waals surface area contributed by atoms with Crippen LogP contribution in [0.15, 0.2) is 24.0 Å². The van der Waals surface area contributed by atoms with Crippen LogP contribution < -0.4 is 0 Å². The summed E-state index contributed by atoms with van der Waals surface area (Å²) in [5, 5.41) is 16.7. The Hall–Kier alpha value is -1.25. The summed E-state index contributed by atoms with van der Waals surface area (Å²) in [6.45, 7) is 1.69. The lowest BCUT2D eigenvalue weighted by Crippen LogP contribution is -1.89. The molecule has 0 aromatic rings. The van der Waals surface area contributed by atoms with Gasteiger partial charge in [0.05, 0.1) is 6.08 Å². The van der Waals surface area contributed by atoms with Gasteiger partial charge in [-0.1, -0.05) is 6.08 Å². The molecule has 0 aliphatic rings. The number of hydrogen-bond acceptors (Lipinski definition) is 2. The van der Waals surface area contributed by atoms with E-state index in [1.165, 1.54) is 6.08 Å². The highest BCUT2D eigenvalue weighted by Gasteiger charge is 1.89. The van der Waals surface area contributed by atoms with Crippen LogP contribution in [-0.2, 0) is 4.79 Å². The van der Waals surface area contributed by atoms with E-state index in [2.05, 4.69) is 0 Å². The summed E-state index contributed by atoms with van der Waals surface area (Å²) >= 11 is 0. The molecule has 50 valence electrons. The number of hydrogen-bond donors (Lipinski definition) is 2. The quantitative estimate of drug-likeness (QED) is 0.332. The molecule has 0 atom stereocenters. The predicted octanol–water partition coefficient (Wildman–Crippen LogP) is 1.09. The molecule has 0 aromatic heterocycles. The second-order valence-corrected chi connectivity index (χ2v) is 1.41. The van der Waals surface area contributed by atoms with Gasteiger partial charge in [0.15, 0.2) is 0 Å². The Bertz CT molecular complexity index is 156. The van der Waals surface area contributed by atoms with E-state index in [1.807, 2.05) is 0 Å². The second kappa shape index (κ2) is 3.72. The summed E-state index contributed by atoms with van der Waals surface area (Å²) in [7, 11) is 0. The molecular weight excluding hydrogens is 120 g/mol. The molecular formula is C6H8O3. The first kappa shape index (κ1) is 7.75. The van der Waals surface area contributed by atoms with Crippen molar-refractivity contribution in [2.45, 2.75) is 6.92 Å². The summed E-state index contributed by atoms with van der Waals surface area (Å²) in [4.78, 5) is 9.81. The van der Waals surface area contributed by atoms with Gasteiger partial charge in [0.1, 0.15) is 5.76 Å². The molecule has 2 N–H and O–H groups in total. The van der Waals surface area contributed by atoms with E-state index < -0.39 is 5.97 Å². The monoisotopic (exact) mass is 128 g/mol. The number of allylic oxidation sites excluding steroid dienone is 2. The average molecular weight is 128 g/mol. The molecule has 0 fully saturated rings. The van der Waals surface area contributed by atoms with Crippen LogP contribution >= 0.6 is 0 Å². The zero-order valence-electron chi connectivity index (χ0n) is 5.03. The minimum Gasteiger partial charge on any atom is -0.508 e. The standard InChI is InChI=1S/C6H8O3/c1-2-3-5(7)4-6(8)9/h2-4,7H,1H3,(H,8,9)/b3-2-,5-4+. The number of aliphatic hydroxyl groups excluding tert-OH is 1. The van der Waals surface area contributed by atoms with Gasteiger partial charge in [-0.05, 0) is 13.0 Å². The molecule has 0 aromatic carbocycles. The van der Waals surface area contributed by atoms with Crippen molar-refractivity contribution < 1.29 is 15.0 Å². The smallest absolute Gasteiger partial charge is 0.332 e. The SMILES string of the molecule is C/C=C\C(O)=C/C(=O)O. The largest absolute Gasteiger partial charge is 0.508 e. The van der Waals surface area contributed by atoms with E-state index in [9.17, 15) is 4.79 Å². The molecule has 0 saturated heterocycles. The van der Waals surface area contributed by atoms with Crippen LogP contribution in [0.2, 0.25) is 0 Å². The topological polar surface area (TPSA) is 57.5 Å². The molecule has 0 unspecified atom stereocenters. The van der Waals surface area contributed by atoms with Crippen molar-refractivity contribution in [2.24, 2.45) is 0 Å². The summed E-state index contributed by atoms with van der Waals surface area (Å²) < 4.78 is 0. The molecule has 3 nitrogen and oxygen atoms in total. The van der Waals surface area contributed by atoms with Gasteiger partial charge in [0.2, 0.25) is 0 Å². The van der Waals surface area contributed by atoms with Crippen molar-refractivity contribution in [3.63, 3.8) is 0 Å². The third kappa shape index (κ3) is 4.61. The van der Waals surface area contributed by atoms with E-state index in [1.54, 1.807) is 13.0 Å². The minimum atomic E-state index is -1.15. The van der Waals surface area contributed by atoms with Crippen LogP contribution in [0.4, 0.5) is 0 Å². The summed E-state index contributed by atoms with van der Waals surface area (Å²) in [5.41, 5.74) is 0. The van der Waals surface area contributed by atoms with Crippen molar-refractivity contribution >= 4 is 5.97 Å². The number of aliphatic carboxylic acids is 1. The number of aliphatic hydroxyl groups is 1. The Morgan fingerprint density at radius 2 is 2.00 bits per heavy atom. The number of rotatable bonds is 2. The van der Waals surface area contributed by atoms with Gasteiger partial charge in [-0.2, -0.15) is 0 Å². The molecule has 0 aliphatic heterocycles. The number of carbonyl (C=O) groups is 1. The van der Waals surface area contributed by atoms with Gasteiger partial charge in [0, 0.05) is 0 Å². The molecule has 0 radical (unpaired) electrons. The minimum absolute atomic E-state index is 0.245. The van der Waals surface area contributed by atoms with Gasteiger partial charge in [0.25, 0.3) is 0 Å². The highest BCUT2D eigenvalue weighted by atomic mass is 16.4. The highest BCUT2D eigenvalue weighted by Crippen LogP contribution is 1.88. The maximum atomic E-state index is 9.81. The van der Waals surface area contributed by atoms with Gasteiger partial charge in [-0.15, -0.1) is 0 Å². The van der Waals surface area contributed by atoms with Crippen molar-refractivity contribution in [1.29, 1.82) is 0 Å². The van der Waals surface area contributed by atoms with E-state index in [0.29, 0.717) is 0 Å². The highest BCUT2D eigenvalue weighted by molar-refractivity contribution is 5.80. The first-order chi connectivity index (χ1) is 4.16. The third-order valence-electron chi connectivity index (χ3n) is 0.609. The summed E-state index contributed by atoms with van der Waals surface area (Å²) in [6.07, 6.45) is 3.57. The Balaban J connectivity index is 4.00. The van der Waals surface area contributed by atoms with E-state index in [0.717, 1.165) is 6.08 Å². The lowest BCUT2D eigenvalue weighted by atomic mass is 10.4. The normalized spacial score (nSPS) is 12.3. The van der Waals surface area contributed by atoms with E-state index in [-0.39, 0.29) is 5.76 Å². The zero-order valence-corrected chi connectivity index (χ0v) is 5.03. The first-order valence-corrected chi connectivity index (χ1v) is 2.43. The van der Waals surface area contributed by atoms with Crippen LogP contribution in [-0.4, -0.2) is 16.2 Å². The van der Waals surface area contributed by atoms with Gasteiger partial charge in [-0.3, -0.25) is 0 Å². The van der Waals surface area contributed by atoms with Crippen LogP contribution in [0.25, 0.3) is 0 Å². The Labute approximate surface area is 52.9 Å². The second-order valence-electron chi connectivity index (χ2n) is 1.41. The van der Waals surface area contributed by atoms with Crippen LogP contribution in [0.3, 0.4) is 0 Å². The maximum Gasteiger partial charge on any atom is 0.332 e. The number of carboxylic acid groups (broad SMARTS) is 1. The van der Waals surface area contributed by atoms with Crippen molar-refractivity contribution in [1.82, 2.24) is 0 Å². The average Bonchev–Trinajstić information content (AvgIpc) is 1.63. The molecule has 0 amide bonds. The summed E-state index contributed by atoms with van der Waals surface area (Å²) in [6, 6.07) is 0. The Morgan fingerprint density at radius 3 is 2.33 bits per heavy atom. The fourth-order valence-electron chi connectivity index (χ4n) is 0.345. The van der Waals surface area contributed by atoms with Crippen LogP contribution in [0.5, 0.6) is 0 Å². The third-order valence-corrected chi connectivity index (χ3v) is 0.609. The Morgan fingerprint density at radius 1 is 1.44 bits per heavy atom. The lowest BCUT2D eigenvalue weighted by Gasteiger charge is -1.84. The fourth-order valence-corrected chi connectivity index (χ4v) is 0.345. The summed E-state index contributed by atoms with van der Waals surface area (Å²) in [5.74, 6) is -1.39. The van der Waals surface area contributed by atoms with Crippen molar-refractivity contribution in [3.8, 4) is 0 Å². The van der Waals surface area contributed by atoms with Crippen molar-refractivity contribution in [3.05, 3.63) is 24.0 Å². The zero-order chi connectivity index (χ0) is 7.28. The van der Waals surface area contributed by atoms with Gasteiger partial charge in [-0.25, -0.2) is 4.79 Å². The van der Waals surface area contributed by atoms with Gasteiger partial charge >= 0.3 is 5.97 Å². The van der Waals surface area contributed by atoms with Gasteiger partial charge < -0.3 is 10.2 Å². The molecule has 0 spiro atoms. The maximum absolute atomic E-state index is 9.81. The molecule has 0 bridgehead atoms. The van der Waals surface area contributed by atoms with Crippen molar-refractivity contribution in [2.75, 3.05) is 0 Å². The molecule has 0 heterocycles. The predicted molar refractivity (Wildman–Crippen MR) is 33.2 cm³/mol. The number of carboxylic acids is 1. The molecule has 0 aliphatic carbocycles. The fraction of sp³-hybridized carbons (Fsp3) is 0.167. The molecule has 0 saturated carbocycles. The van der Waals surface area contributed by atoms with Crippen LogP contribution in [0.1, 0.15) is 6.92 Å². The van der Waals surface area contributed by atoms with E-state index >= 15 is 0 Å². The Kier molecular flexibility index (Phi) is 3.20.